The summed E-state index contributed by atoms with van der Waals surface area (Å²) in [5, 5.41) is 36.4. The summed E-state index contributed by atoms with van der Waals surface area (Å²) >= 11 is 1.29. The molecule has 0 aromatic carbocycles. The van der Waals surface area contributed by atoms with Gasteiger partial charge in [-0.25, -0.2) is 9.78 Å². The van der Waals surface area contributed by atoms with E-state index in [1.165, 1.54) is 23.3 Å². The minimum absolute atomic E-state index is 0.0505. The summed E-state index contributed by atoms with van der Waals surface area (Å²) in [6, 6.07) is 0. The maximum absolute atomic E-state index is 14.3. The van der Waals surface area contributed by atoms with Gasteiger partial charge in [0.1, 0.15) is 11.9 Å². The number of carbonyl (C=O) groups is 2. The lowest BCUT2D eigenvalue weighted by Crippen LogP contribution is -2.67. The molecule has 1 heterocycles. The maximum atomic E-state index is 14.3. The SMILES string of the molecule is CC.CC1=CC23C(=O)C(C/C=C(/CO)C(O)C2(O)C1OC(=O)N(C)c1nc(C)cs1)C(C)C(C)C[C@H]3C. The number of anilines is 1. The van der Waals surface area contributed by atoms with Gasteiger partial charge in [0.2, 0.25) is 0 Å². The Balaban J connectivity index is 0.00000186. The zero-order valence-corrected chi connectivity index (χ0v) is 24.0. The van der Waals surface area contributed by atoms with Crippen LogP contribution in [0.25, 0.3) is 0 Å². The van der Waals surface area contributed by atoms with Crippen molar-refractivity contribution in [2.45, 2.75) is 79.1 Å². The average Bonchev–Trinajstić information content (AvgIpc) is 3.39. The summed E-state index contributed by atoms with van der Waals surface area (Å²) in [5.74, 6) is -0.602. The van der Waals surface area contributed by atoms with Crippen molar-refractivity contribution in [3.05, 3.63) is 34.4 Å². The van der Waals surface area contributed by atoms with Crippen molar-refractivity contribution in [2.24, 2.45) is 29.1 Å². The molecular weight excluding hydrogens is 492 g/mol. The van der Waals surface area contributed by atoms with Gasteiger partial charge in [-0.15, -0.1) is 11.3 Å². The lowest BCUT2D eigenvalue weighted by Gasteiger charge is -2.50. The van der Waals surface area contributed by atoms with Gasteiger partial charge in [-0.3, -0.25) is 9.69 Å². The van der Waals surface area contributed by atoms with E-state index in [0.717, 1.165) is 5.69 Å². The van der Waals surface area contributed by atoms with Crippen LogP contribution in [0.5, 0.6) is 0 Å². The lowest BCUT2D eigenvalue weighted by molar-refractivity contribution is -0.192. The lowest BCUT2D eigenvalue weighted by atomic mass is 9.57. The third kappa shape index (κ3) is 4.47. The van der Waals surface area contributed by atoms with E-state index in [1.54, 1.807) is 19.1 Å². The zero-order valence-electron chi connectivity index (χ0n) is 23.2. The highest BCUT2D eigenvalue weighted by Crippen LogP contribution is 2.60. The van der Waals surface area contributed by atoms with E-state index in [2.05, 4.69) is 18.8 Å². The van der Waals surface area contributed by atoms with Crippen LogP contribution in [0.2, 0.25) is 0 Å². The van der Waals surface area contributed by atoms with Crippen LogP contribution in [0, 0.1) is 36.0 Å². The number of aromatic nitrogens is 1. The predicted molar refractivity (Wildman–Crippen MR) is 144 cm³/mol. The number of ketones is 1. The molecule has 1 fully saturated rings. The molecule has 8 atom stereocenters. The second kappa shape index (κ2) is 11.0. The molecule has 3 aliphatic rings. The van der Waals surface area contributed by atoms with Gasteiger partial charge >= 0.3 is 6.09 Å². The highest BCUT2D eigenvalue weighted by atomic mass is 32.1. The first-order chi connectivity index (χ1) is 17.4. The van der Waals surface area contributed by atoms with Crippen LogP contribution in [0.4, 0.5) is 9.93 Å². The Morgan fingerprint density at radius 1 is 1.27 bits per heavy atom. The average molecular weight is 535 g/mol. The van der Waals surface area contributed by atoms with Gasteiger partial charge in [0.25, 0.3) is 0 Å². The van der Waals surface area contributed by atoms with Crippen molar-refractivity contribution in [3.8, 4) is 0 Å². The van der Waals surface area contributed by atoms with Crippen molar-refractivity contribution in [3.63, 3.8) is 0 Å². The monoisotopic (exact) mass is 534 g/mol. The summed E-state index contributed by atoms with van der Waals surface area (Å²) in [7, 11) is 1.53. The molecule has 2 bridgehead atoms. The quantitative estimate of drug-likeness (QED) is 0.495. The summed E-state index contributed by atoms with van der Waals surface area (Å²) in [4.78, 5) is 33.0. The third-order valence-corrected chi connectivity index (χ3v) is 9.72. The van der Waals surface area contributed by atoms with Crippen LogP contribution in [0.1, 0.15) is 60.1 Å². The molecule has 0 aliphatic heterocycles. The standard InChI is InChI=1S/C26H36N2O6S.C2H6/c1-13-9-15(3)25-10-14(2)22(34-24(32)28(6)23-27-16(4)12-35-23)26(25,33)20(30)18(11-29)7-8-19(17(13)5)21(25)31;1-2/h7,10,12-13,15,17,19-20,22,29-30,33H,8-9,11H2,1-6H3;1-2H3/b18-7-;/t13?,15-,17?,19?,20?,22?,25?,26?;/m1./s1. The number of carbonyl (C=O) groups excluding carboxylic acids is 2. The normalized spacial score (nSPS) is 38.5. The van der Waals surface area contributed by atoms with Crippen LogP contribution >= 0.6 is 11.3 Å². The molecule has 9 heteroatoms. The molecule has 0 radical (unpaired) electrons. The predicted octanol–water partition coefficient (Wildman–Crippen LogP) is 4.28. The fourth-order valence-corrected chi connectivity index (χ4v) is 7.27. The van der Waals surface area contributed by atoms with Crippen LogP contribution in [0.3, 0.4) is 0 Å². The second-order valence-corrected chi connectivity index (χ2v) is 11.5. The maximum Gasteiger partial charge on any atom is 0.416 e. The van der Waals surface area contributed by atoms with E-state index in [0.29, 0.717) is 23.5 Å². The number of amides is 1. The molecule has 3 aliphatic carbocycles. The second-order valence-electron chi connectivity index (χ2n) is 10.7. The summed E-state index contributed by atoms with van der Waals surface area (Å²) < 4.78 is 5.87. The molecule has 1 amide bonds. The van der Waals surface area contributed by atoms with Crippen LogP contribution in [0.15, 0.2) is 28.7 Å². The van der Waals surface area contributed by atoms with Crippen molar-refractivity contribution in [1.29, 1.82) is 0 Å². The largest absolute Gasteiger partial charge is 0.438 e. The van der Waals surface area contributed by atoms with E-state index >= 15 is 0 Å². The van der Waals surface area contributed by atoms with E-state index < -0.39 is 41.8 Å². The van der Waals surface area contributed by atoms with E-state index in [4.69, 9.17) is 4.74 Å². The molecule has 4 rings (SSSR count). The van der Waals surface area contributed by atoms with E-state index in [1.807, 2.05) is 33.1 Å². The number of aliphatic hydroxyl groups excluding tert-OH is 2. The first kappa shape index (κ1) is 29.5. The first-order valence-corrected chi connectivity index (χ1v) is 14.1. The van der Waals surface area contributed by atoms with Crippen molar-refractivity contribution < 1.29 is 29.6 Å². The summed E-state index contributed by atoms with van der Waals surface area (Å²) in [5.41, 5.74) is -2.13. The Hall–Kier alpha value is -2.07. The van der Waals surface area contributed by atoms with Crippen LogP contribution in [-0.4, -0.2) is 63.6 Å². The fourth-order valence-electron chi connectivity index (χ4n) is 6.51. The van der Waals surface area contributed by atoms with E-state index in [9.17, 15) is 24.9 Å². The van der Waals surface area contributed by atoms with Gasteiger partial charge in [0.05, 0.1) is 17.7 Å². The molecule has 1 aromatic heterocycles. The van der Waals surface area contributed by atoms with Crippen LogP contribution < -0.4 is 4.90 Å². The smallest absolute Gasteiger partial charge is 0.416 e. The summed E-state index contributed by atoms with van der Waals surface area (Å²) in [6.45, 7) is 13.1. The number of thiazole rings is 1. The highest BCUT2D eigenvalue weighted by molar-refractivity contribution is 7.13. The number of rotatable bonds is 3. The Morgan fingerprint density at radius 3 is 2.49 bits per heavy atom. The third-order valence-electron chi connectivity index (χ3n) is 8.68. The highest BCUT2D eigenvalue weighted by Gasteiger charge is 2.71. The molecule has 1 saturated carbocycles. The Kier molecular flexibility index (Phi) is 8.74. The Morgan fingerprint density at radius 2 is 1.92 bits per heavy atom. The van der Waals surface area contributed by atoms with Gasteiger partial charge in [-0.2, -0.15) is 0 Å². The zero-order chi connectivity index (χ0) is 27.9. The van der Waals surface area contributed by atoms with Crippen molar-refractivity contribution in [1.82, 2.24) is 4.98 Å². The topological polar surface area (TPSA) is 120 Å². The number of fused-ring (bicyclic) bond motifs is 1. The molecule has 7 unspecified atom stereocenters. The van der Waals surface area contributed by atoms with Gasteiger partial charge < -0.3 is 20.1 Å². The number of hydrogen-bond acceptors (Lipinski definition) is 8. The molecule has 3 N–H and O–H groups in total. The van der Waals surface area contributed by atoms with Crippen molar-refractivity contribution >= 4 is 28.3 Å². The number of nitrogens with zero attached hydrogens (tertiary/aromatic N) is 2. The van der Waals surface area contributed by atoms with Gasteiger partial charge in [-0.05, 0) is 55.6 Å². The van der Waals surface area contributed by atoms with E-state index in [-0.39, 0.29) is 29.1 Å². The number of aliphatic hydroxyl groups is 3. The fraction of sp³-hybridized carbons (Fsp3) is 0.679. The first-order valence-electron chi connectivity index (χ1n) is 13.2. The number of Topliss-reactive ketones (excluding diaryl/α,β-unsaturated/α-hetero) is 1. The molecule has 1 spiro atoms. The number of ether oxygens (including phenoxy) is 1. The van der Waals surface area contributed by atoms with Gasteiger partial charge in [-0.1, -0.05) is 46.8 Å². The number of aryl methyl sites for hydroxylation is 1. The van der Waals surface area contributed by atoms with Gasteiger partial charge in [0, 0.05) is 18.3 Å². The number of hydrogen-bond donors (Lipinski definition) is 3. The minimum Gasteiger partial charge on any atom is -0.438 e. The molecule has 8 nitrogen and oxygen atoms in total. The Labute approximate surface area is 224 Å². The molecule has 206 valence electrons. The molecule has 1 aromatic rings. The van der Waals surface area contributed by atoms with Gasteiger partial charge in [0.15, 0.2) is 16.8 Å². The Bertz CT molecular complexity index is 1080. The van der Waals surface area contributed by atoms with Crippen molar-refractivity contribution in [2.75, 3.05) is 18.6 Å². The molecule has 0 saturated heterocycles. The molecular formula is C28H42N2O6S. The number of allylic oxidation sites excluding steroid dienone is 1. The molecule has 37 heavy (non-hydrogen) atoms. The summed E-state index contributed by atoms with van der Waals surface area (Å²) in [6.07, 6.45) is 0.817. The minimum atomic E-state index is -2.17. The van der Waals surface area contributed by atoms with Crippen LogP contribution in [-0.2, 0) is 9.53 Å².